The summed E-state index contributed by atoms with van der Waals surface area (Å²) in [6.45, 7) is 2.60. The monoisotopic (exact) mass is 210 g/mol. The van der Waals surface area contributed by atoms with Gasteiger partial charge in [-0.15, -0.1) is 0 Å². The van der Waals surface area contributed by atoms with Gasteiger partial charge in [-0.2, -0.15) is 0 Å². The van der Waals surface area contributed by atoms with E-state index in [9.17, 15) is 4.79 Å². The van der Waals surface area contributed by atoms with Gasteiger partial charge in [-0.1, -0.05) is 0 Å². The Bertz CT molecular complexity index is 259. The minimum atomic E-state index is 0.342. The standard InChI is InChI=1S/C11H18N2O2/c14-11-5-9(6-13(11)10-1-2-10)12-8-3-4-15-7-8/h8-10,12H,1-7H2. The number of carbonyl (C=O) groups excluding carboxylic acids is 1. The number of carbonyl (C=O) groups is 1. The van der Waals surface area contributed by atoms with Crippen LogP contribution in [0.25, 0.3) is 0 Å². The van der Waals surface area contributed by atoms with Gasteiger partial charge in [-0.05, 0) is 19.3 Å². The van der Waals surface area contributed by atoms with E-state index < -0.39 is 0 Å². The molecule has 4 nitrogen and oxygen atoms in total. The van der Waals surface area contributed by atoms with Gasteiger partial charge in [0.2, 0.25) is 5.91 Å². The van der Waals surface area contributed by atoms with Crippen molar-refractivity contribution in [1.82, 2.24) is 10.2 Å². The predicted molar refractivity (Wildman–Crippen MR) is 55.5 cm³/mol. The smallest absolute Gasteiger partial charge is 0.224 e. The lowest BCUT2D eigenvalue weighted by atomic mass is 10.2. The Morgan fingerprint density at radius 3 is 2.80 bits per heavy atom. The van der Waals surface area contributed by atoms with Crippen molar-refractivity contribution in [1.29, 1.82) is 0 Å². The van der Waals surface area contributed by atoms with E-state index in [0.717, 1.165) is 26.2 Å². The van der Waals surface area contributed by atoms with E-state index in [4.69, 9.17) is 4.74 Å². The fraction of sp³-hybridized carbons (Fsp3) is 0.909. The molecule has 3 fully saturated rings. The lowest BCUT2D eigenvalue weighted by Crippen LogP contribution is -2.40. The number of nitrogens with one attached hydrogen (secondary N) is 1. The minimum absolute atomic E-state index is 0.342. The van der Waals surface area contributed by atoms with E-state index in [2.05, 4.69) is 10.2 Å². The van der Waals surface area contributed by atoms with Crippen molar-refractivity contribution >= 4 is 5.91 Å². The molecule has 0 spiro atoms. The van der Waals surface area contributed by atoms with Gasteiger partial charge in [-0.3, -0.25) is 4.79 Å². The maximum Gasteiger partial charge on any atom is 0.224 e. The summed E-state index contributed by atoms with van der Waals surface area (Å²) in [6.07, 6.45) is 4.21. The third kappa shape index (κ3) is 2.01. The van der Waals surface area contributed by atoms with Gasteiger partial charge < -0.3 is 15.0 Å². The van der Waals surface area contributed by atoms with Gasteiger partial charge in [0.15, 0.2) is 0 Å². The van der Waals surface area contributed by atoms with Crippen LogP contribution in [-0.4, -0.2) is 48.7 Å². The summed E-state index contributed by atoms with van der Waals surface area (Å²) in [4.78, 5) is 13.8. The summed E-state index contributed by atoms with van der Waals surface area (Å²) >= 11 is 0. The predicted octanol–water partition coefficient (Wildman–Crippen LogP) is 0.128. The highest BCUT2D eigenvalue weighted by Gasteiger charge is 2.39. The molecule has 0 bridgehead atoms. The van der Waals surface area contributed by atoms with E-state index in [1.54, 1.807) is 0 Å². The molecule has 3 aliphatic rings. The van der Waals surface area contributed by atoms with E-state index >= 15 is 0 Å². The molecule has 1 saturated carbocycles. The topological polar surface area (TPSA) is 41.6 Å². The van der Waals surface area contributed by atoms with Crippen LogP contribution in [0.3, 0.4) is 0 Å². The molecule has 2 unspecified atom stereocenters. The van der Waals surface area contributed by atoms with Crippen molar-refractivity contribution < 1.29 is 9.53 Å². The van der Waals surface area contributed by atoms with E-state index in [1.165, 1.54) is 12.8 Å². The number of likely N-dealkylation sites (tertiary alicyclic amines) is 1. The van der Waals surface area contributed by atoms with Gasteiger partial charge in [0, 0.05) is 37.7 Å². The molecule has 2 heterocycles. The summed E-state index contributed by atoms with van der Waals surface area (Å²) in [6, 6.07) is 1.41. The molecule has 15 heavy (non-hydrogen) atoms. The van der Waals surface area contributed by atoms with Gasteiger partial charge in [0.25, 0.3) is 0 Å². The van der Waals surface area contributed by atoms with Crippen molar-refractivity contribution in [3.8, 4) is 0 Å². The molecule has 0 aromatic heterocycles. The summed E-state index contributed by atoms with van der Waals surface area (Å²) < 4.78 is 5.32. The number of rotatable bonds is 3. The quantitative estimate of drug-likeness (QED) is 0.720. The van der Waals surface area contributed by atoms with Crippen LogP contribution >= 0.6 is 0 Å². The molecular weight excluding hydrogens is 192 g/mol. The number of nitrogens with zero attached hydrogens (tertiary/aromatic N) is 1. The third-order valence-electron chi connectivity index (χ3n) is 3.55. The number of hydrogen-bond donors (Lipinski definition) is 1. The van der Waals surface area contributed by atoms with Crippen LogP contribution in [0.15, 0.2) is 0 Å². The molecule has 84 valence electrons. The van der Waals surface area contributed by atoms with Gasteiger partial charge in [0.05, 0.1) is 6.61 Å². The Labute approximate surface area is 90.0 Å². The summed E-state index contributed by atoms with van der Waals surface area (Å²) in [5, 5.41) is 3.53. The largest absolute Gasteiger partial charge is 0.380 e. The van der Waals surface area contributed by atoms with Crippen LogP contribution in [-0.2, 0) is 9.53 Å². The molecule has 2 aliphatic heterocycles. The molecule has 4 heteroatoms. The van der Waals surface area contributed by atoms with Gasteiger partial charge in [-0.25, -0.2) is 0 Å². The number of amides is 1. The molecule has 0 radical (unpaired) electrons. The molecule has 3 rings (SSSR count). The van der Waals surface area contributed by atoms with E-state index in [0.29, 0.717) is 30.5 Å². The molecule has 1 amide bonds. The SMILES string of the molecule is O=C1CC(NC2CCOC2)CN1C1CC1. The summed E-state index contributed by atoms with van der Waals surface area (Å²) in [5.41, 5.74) is 0. The molecule has 1 aliphatic carbocycles. The van der Waals surface area contributed by atoms with Crippen LogP contribution in [0.5, 0.6) is 0 Å². The number of ether oxygens (including phenoxy) is 1. The first-order chi connectivity index (χ1) is 7.33. The van der Waals surface area contributed by atoms with Crippen LogP contribution in [0.4, 0.5) is 0 Å². The highest BCUT2D eigenvalue weighted by Crippen LogP contribution is 2.30. The van der Waals surface area contributed by atoms with Crippen LogP contribution in [0, 0.1) is 0 Å². The van der Waals surface area contributed by atoms with Crippen molar-refractivity contribution in [3.63, 3.8) is 0 Å². The fourth-order valence-electron chi connectivity index (χ4n) is 2.58. The van der Waals surface area contributed by atoms with E-state index in [1.807, 2.05) is 0 Å². The Kier molecular flexibility index (Phi) is 2.41. The second-order valence-electron chi connectivity index (χ2n) is 4.91. The van der Waals surface area contributed by atoms with Crippen LogP contribution in [0.1, 0.15) is 25.7 Å². The Balaban J connectivity index is 1.52. The van der Waals surface area contributed by atoms with Gasteiger partial charge >= 0.3 is 0 Å². The Hall–Kier alpha value is -0.610. The third-order valence-corrected chi connectivity index (χ3v) is 3.55. The molecule has 0 aromatic carbocycles. The molecule has 1 N–H and O–H groups in total. The zero-order chi connectivity index (χ0) is 10.3. The fourth-order valence-corrected chi connectivity index (χ4v) is 2.58. The maximum absolute atomic E-state index is 11.7. The molecule has 2 saturated heterocycles. The average Bonchev–Trinajstić information content (AvgIpc) is 2.81. The first-order valence-corrected chi connectivity index (χ1v) is 5.96. The minimum Gasteiger partial charge on any atom is -0.380 e. The second-order valence-corrected chi connectivity index (χ2v) is 4.91. The highest BCUT2D eigenvalue weighted by molar-refractivity contribution is 5.80. The van der Waals surface area contributed by atoms with E-state index in [-0.39, 0.29) is 0 Å². The van der Waals surface area contributed by atoms with Crippen molar-refractivity contribution in [2.24, 2.45) is 0 Å². The lowest BCUT2D eigenvalue weighted by molar-refractivity contribution is -0.128. The number of hydrogen-bond acceptors (Lipinski definition) is 3. The first-order valence-electron chi connectivity index (χ1n) is 5.96. The van der Waals surface area contributed by atoms with Crippen molar-refractivity contribution in [2.45, 2.75) is 43.8 Å². The normalized spacial score (nSPS) is 36.5. The first kappa shape index (κ1) is 9.60. The van der Waals surface area contributed by atoms with Crippen LogP contribution in [0.2, 0.25) is 0 Å². The molecular formula is C11H18N2O2. The van der Waals surface area contributed by atoms with Crippen molar-refractivity contribution in [3.05, 3.63) is 0 Å². The molecule has 0 aromatic rings. The summed E-state index contributed by atoms with van der Waals surface area (Å²) in [7, 11) is 0. The lowest BCUT2D eigenvalue weighted by Gasteiger charge is -2.18. The Morgan fingerprint density at radius 1 is 1.27 bits per heavy atom. The van der Waals surface area contributed by atoms with Gasteiger partial charge in [0.1, 0.15) is 0 Å². The molecule has 2 atom stereocenters. The maximum atomic E-state index is 11.7. The van der Waals surface area contributed by atoms with Crippen LogP contribution < -0.4 is 5.32 Å². The Morgan fingerprint density at radius 2 is 2.13 bits per heavy atom. The zero-order valence-electron chi connectivity index (χ0n) is 8.95. The van der Waals surface area contributed by atoms with Crippen molar-refractivity contribution in [2.75, 3.05) is 19.8 Å². The highest BCUT2D eigenvalue weighted by atomic mass is 16.5. The second kappa shape index (κ2) is 3.76. The average molecular weight is 210 g/mol. The zero-order valence-corrected chi connectivity index (χ0v) is 8.95. The summed E-state index contributed by atoms with van der Waals surface area (Å²) in [5.74, 6) is 0.342.